The van der Waals surface area contributed by atoms with E-state index in [9.17, 15) is 9.59 Å². The largest absolute Gasteiger partial charge is 0.497 e. The van der Waals surface area contributed by atoms with Crippen molar-refractivity contribution in [2.45, 2.75) is 13.5 Å². The van der Waals surface area contributed by atoms with Crippen molar-refractivity contribution >= 4 is 17.5 Å². The first-order chi connectivity index (χ1) is 13.6. The van der Waals surface area contributed by atoms with E-state index in [0.29, 0.717) is 44.2 Å². The molecule has 0 saturated carbocycles. The molecule has 0 spiro atoms. The second kappa shape index (κ2) is 7.53. The van der Waals surface area contributed by atoms with Gasteiger partial charge in [-0.05, 0) is 19.1 Å². The summed E-state index contributed by atoms with van der Waals surface area (Å²) in [5, 5.41) is 0. The van der Waals surface area contributed by atoms with Gasteiger partial charge < -0.3 is 24.0 Å². The highest BCUT2D eigenvalue weighted by Gasteiger charge is 2.30. The number of imidazole rings is 1. The van der Waals surface area contributed by atoms with Crippen molar-refractivity contribution in [1.29, 1.82) is 0 Å². The summed E-state index contributed by atoms with van der Waals surface area (Å²) in [6, 6.07) is 7.95. The number of rotatable bonds is 4. The van der Waals surface area contributed by atoms with Crippen LogP contribution in [0.25, 0.3) is 0 Å². The van der Waals surface area contributed by atoms with Gasteiger partial charge in [0.1, 0.15) is 11.4 Å². The zero-order chi connectivity index (χ0) is 19.7. The number of benzene rings is 1. The Balaban J connectivity index is 1.43. The Morgan fingerprint density at radius 3 is 2.64 bits per heavy atom. The van der Waals surface area contributed by atoms with Crippen molar-refractivity contribution in [2.24, 2.45) is 0 Å². The Morgan fingerprint density at radius 1 is 1.14 bits per heavy atom. The van der Waals surface area contributed by atoms with E-state index in [1.807, 2.05) is 30.0 Å². The number of aromatic nitrogens is 2. The van der Waals surface area contributed by atoms with E-state index >= 15 is 0 Å². The molecular weight excluding hydrogens is 358 g/mol. The lowest BCUT2D eigenvalue weighted by Crippen LogP contribution is -2.48. The number of likely N-dealkylation sites (N-methyl/N-ethyl adjacent to an activating group) is 1. The molecule has 3 heterocycles. The highest BCUT2D eigenvalue weighted by Crippen LogP contribution is 2.22. The summed E-state index contributed by atoms with van der Waals surface area (Å²) in [5.74, 6) is 0.982. The van der Waals surface area contributed by atoms with Crippen LogP contribution in [0.5, 0.6) is 5.75 Å². The van der Waals surface area contributed by atoms with Gasteiger partial charge in [-0.2, -0.15) is 0 Å². The van der Waals surface area contributed by atoms with E-state index in [-0.39, 0.29) is 11.8 Å². The molecule has 0 radical (unpaired) electrons. The van der Waals surface area contributed by atoms with Crippen LogP contribution in [0.4, 0.5) is 5.69 Å². The van der Waals surface area contributed by atoms with Crippen LogP contribution in [0.3, 0.4) is 0 Å². The summed E-state index contributed by atoms with van der Waals surface area (Å²) in [6.45, 7) is 6.67. The summed E-state index contributed by atoms with van der Waals surface area (Å²) >= 11 is 0. The van der Waals surface area contributed by atoms with Crippen LogP contribution in [0, 0.1) is 0 Å². The second-order valence-electron chi connectivity index (χ2n) is 7.01. The molecule has 0 N–H and O–H groups in total. The fraction of sp³-hybridized carbons (Fsp3) is 0.450. The molecule has 8 heteroatoms. The molecule has 2 amide bonds. The molecule has 1 aromatic heterocycles. The Labute approximate surface area is 164 Å². The number of ether oxygens (including phenoxy) is 1. The Morgan fingerprint density at radius 2 is 1.93 bits per heavy atom. The van der Waals surface area contributed by atoms with Gasteiger partial charge in [0, 0.05) is 63.8 Å². The van der Waals surface area contributed by atoms with Gasteiger partial charge in [0.05, 0.1) is 7.11 Å². The predicted molar refractivity (Wildman–Crippen MR) is 105 cm³/mol. The molecule has 0 atom stereocenters. The predicted octanol–water partition coefficient (Wildman–Crippen LogP) is 1.33. The van der Waals surface area contributed by atoms with Crippen molar-refractivity contribution in [2.75, 3.05) is 51.3 Å². The molecule has 1 fully saturated rings. The van der Waals surface area contributed by atoms with Crippen molar-refractivity contribution in [1.82, 2.24) is 19.4 Å². The highest BCUT2D eigenvalue weighted by molar-refractivity contribution is 5.96. The van der Waals surface area contributed by atoms with Crippen LogP contribution in [0.15, 0.2) is 30.5 Å². The van der Waals surface area contributed by atoms with E-state index in [2.05, 4.69) is 16.0 Å². The van der Waals surface area contributed by atoms with Crippen molar-refractivity contribution in [3.63, 3.8) is 0 Å². The number of piperazine rings is 1. The minimum absolute atomic E-state index is 0.101. The summed E-state index contributed by atoms with van der Waals surface area (Å²) in [5.41, 5.74) is 1.45. The number of hydrogen-bond acceptors (Lipinski definition) is 5. The normalized spacial score (nSPS) is 16.9. The van der Waals surface area contributed by atoms with Crippen LogP contribution in [-0.2, 0) is 6.54 Å². The molecule has 4 rings (SSSR count). The summed E-state index contributed by atoms with van der Waals surface area (Å²) in [6.07, 6.45) is 1.72. The van der Waals surface area contributed by atoms with E-state index in [4.69, 9.17) is 4.74 Å². The van der Waals surface area contributed by atoms with Gasteiger partial charge in [-0.15, -0.1) is 0 Å². The Bertz CT molecular complexity index is 886. The molecular formula is C20H25N5O3. The minimum Gasteiger partial charge on any atom is -0.497 e. The third-order valence-corrected chi connectivity index (χ3v) is 5.45. The summed E-state index contributed by atoms with van der Waals surface area (Å²) < 4.78 is 7.09. The molecule has 0 aliphatic carbocycles. The van der Waals surface area contributed by atoms with Crippen LogP contribution in [0.1, 0.15) is 28.0 Å². The number of hydrogen-bond donors (Lipinski definition) is 0. The van der Waals surface area contributed by atoms with Crippen molar-refractivity contribution in [3.05, 3.63) is 42.0 Å². The van der Waals surface area contributed by atoms with Gasteiger partial charge in [-0.3, -0.25) is 9.59 Å². The number of carbonyl (C=O) groups excluding carboxylic acids is 2. The maximum atomic E-state index is 12.9. The van der Waals surface area contributed by atoms with Crippen LogP contribution in [0.2, 0.25) is 0 Å². The quantitative estimate of drug-likeness (QED) is 0.797. The zero-order valence-electron chi connectivity index (χ0n) is 16.3. The molecule has 0 unspecified atom stereocenters. The van der Waals surface area contributed by atoms with Crippen LogP contribution < -0.4 is 9.64 Å². The highest BCUT2D eigenvalue weighted by atomic mass is 16.5. The van der Waals surface area contributed by atoms with Gasteiger partial charge in [-0.1, -0.05) is 6.07 Å². The lowest BCUT2D eigenvalue weighted by Gasteiger charge is -2.35. The number of anilines is 1. The average Bonchev–Trinajstić information content (AvgIpc) is 3.19. The van der Waals surface area contributed by atoms with Crippen molar-refractivity contribution in [3.8, 4) is 5.75 Å². The fourth-order valence-corrected chi connectivity index (χ4v) is 3.77. The molecule has 1 aromatic carbocycles. The number of nitrogens with zero attached hydrogens (tertiary/aromatic N) is 5. The molecule has 2 aliphatic heterocycles. The molecule has 2 aromatic rings. The fourth-order valence-electron chi connectivity index (χ4n) is 3.77. The van der Waals surface area contributed by atoms with Crippen LogP contribution in [-0.4, -0.2) is 77.5 Å². The first-order valence-corrected chi connectivity index (χ1v) is 9.65. The van der Waals surface area contributed by atoms with E-state index < -0.39 is 0 Å². The molecule has 8 nitrogen and oxygen atoms in total. The van der Waals surface area contributed by atoms with Gasteiger partial charge in [0.25, 0.3) is 11.8 Å². The Kier molecular flexibility index (Phi) is 4.93. The van der Waals surface area contributed by atoms with E-state index in [0.717, 1.165) is 24.5 Å². The first kappa shape index (κ1) is 18.3. The number of amides is 2. The summed E-state index contributed by atoms with van der Waals surface area (Å²) in [7, 11) is 1.66. The maximum Gasteiger partial charge on any atom is 0.289 e. The number of carbonyl (C=O) groups is 2. The van der Waals surface area contributed by atoms with Gasteiger partial charge in [-0.25, -0.2) is 4.98 Å². The average molecular weight is 383 g/mol. The van der Waals surface area contributed by atoms with Crippen molar-refractivity contribution < 1.29 is 14.3 Å². The standard InChI is InChI=1S/C20H25N5O3/c1-3-22-7-12-25-14-17(21-18(25)20(22)27)19(26)24-10-8-23(9-11-24)15-5-4-6-16(13-15)28-2/h4-6,13-14H,3,7-12H2,1-2H3. The molecule has 148 valence electrons. The van der Waals surface area contributed by atoms with Gasteiger partial charge >= 0.3 is 0 Å². The number of methoxy groups -OCH3 is 1. The third kappa shape index (κ3) is 3.30. The molecule has 28 heavy (non-hydrogen) atoms. The van der Waals surface area contributed by atoms with Gasteiger partial charge in [0.15, 0.2) is 5.82 Å². The summed E-state index contributed by atoms with van der Waals surface area (Å²) in [4.78, 5) is 35.5. The van der Waals surface area contributed by atoms with E-state index in [1.54, 1.807) is 22.8 Å². The number of fused-ring (bicyclic) bond motifs is 1. The van der Waals surface area contributed by atoms with Gasteiger partial charge in [0.2, 0.25) is 0 Å². The topological polar surface area (TPSA) is 70.9 Å². The third-order valence-electron chi connectivity index (χ3n) is 5.45. The SMILES string of the molecule is CCN1CCn2cc(C(=O)N3CCN(c4cccc(OC)c4)CC3)nc2C1=O. The lowest BCUT2D eigenvalue weighted by atomic mass is 10.2. The maximum absolute atomic E-state index is 12.9. The monoisotopic (exact) mass is 383 g/mol. The Hall–Kier alpha value is -3.03. The first-order valence-electron chi connectivity index (χ1n) is 9.65. The molecule has 1 saturated heterocycles. The molecule has 0 bridgehead atoms. The van der Waals surface area contributed by atoms with Crippen LogP contribution >= 0.6 is 0 Å². The second-order valence-corrected chi connectivity index (χ2v) is 7.01. The zero-order valence-corrected chi connectivity index (χ0v) is 16.3. The smallest absolute Gasteiger partial charge is 0.289 e. The lowest BCUT2D eigenvalue weighted by molar-refractivity contribution is 0.0707. The minimum atomic E-state index is -0.108. The molecule has 2 aliphatic rings. The van der Waals surface area contributed by atoms with E-state index in [1.165, 1.54) is 0 Å².